The molecule has 0 bridgehead atoms. The summed E-state index contributed by atoms with van der Waals surface area (Å²) in [6.07, 6.45) is 6.96. The molecule has 1 atom stereocenters. The molecule has 17 heavy (non-hydrogen) atoms. The molecule has 0 aliphatic heterocycles. The first-order valence-electron chi connectivity index (χ1n) is 6.57. The number of nitrogens with zero attached hydrogens (tertiary/aromatic N) is 3. The van der Waals surface area contributed by atoms with Gasteiger partial charge in [0, 0.05) is 24.3 Å². The average Bonchev–Trinajstić information content (AvgIpc) is 2.67. The fourth-order valence-electron chi connectivity index (χ4n) is 2.59. The molecular formula is C13H24N4. The Kier molecular flexibility index (Phi) is 4.18. The van der Waals surface area contributed by atoms with E-state index in [9.17, 15) is 0 Å². The summed E-state index contributed by atoms with van der Waals surface area (Å²) in [6, 6.07) is 0.523. The number of hydrogen-bond donors (Lipinski definition) is 1. The highest BCUT2D eigenvalue weighted by Gasteiger charge is 2.22. The molecule has 1 heterocycles. The Morgan fingerprint density at radius 3 is 3.12 bits per heavy atom. The van der Waals surface area contributed by atoms with Crippen molar-refractivity contribution in [2.45, 2.75) is 31.7 Å². The summed E-state index contributed by atoms with van der Waals surface area (Å²) in [7, 11) is 6.30. The highest BCUT2D eigenvalue weighted by molar-refractivity contribution is 5.24. The molecule has 0 fully saturated rings. The summed E-state index contributed by atoms with van der Waals surface area (Å²) < 4.78 is 2.03. The summed E-state index contributed by atoms with van der Waals surface area (Å²) in [4.78, 5) is 2.23. The Balaban J connectivity index is 1.86. The van der Waals surface area contributed by atoms with E-state index < -0.39 is 0 Å². The van der Waals surface area contributed by atoms with Crippen molar-refractivity contribution >= 4 is 0 Å². The van der Waals surface area contributed by atoms with Crippen LogP contribution in [-0.4, -0.2) is 41.9 Å². The average molecular weight is 236 g/mol. The molecule has 1 unspecified atom stereocenters. The Morgan fingerprint density at radius 1 is 1.53 bits per heavy atom. The first kappa shape index (κ1) is 12.6. The molecule has 0 radical (unpaired) electrons. The van der Waals surface area contributed by atoms with Gasteiger partial charge in [0.2, 0.25) is 0 Å². The van der Waals surface area contributed by atoms with Crippen LogP contribution in [0, 0.1) is 0 Å². The van der Waals surface area contributed by atoms with Crippen molar-refractivity contribution in [1.29, 1.82) is 0 Å². The van der Waals surface area contributed by atoms with Gasteiger partial charge in [-0.3, -0.25) is 4.68 Å². The van der Waals surface area contributed by atoms with Gasteiger partial charge in [-0.15, -0.1) is 0 Å². The van der Waals surface area contributed by atoms with Crippen molar-refractivity contribution in [3.8, 4) is 0 Å². The van der Waals surface area contributed by atoms with E-state index in [2.05, 4.69) is 29.4 Å². The third-order valence-corrected chi connectivity index (χ3v) is 3.55. The summed E-state index contributed by atoms with van der Waals surface area (Å²) in [5, 5.41) is 8.04. The second-order valence-corrected chi connectivity index (χ2v) is 5.23. The standard InChI is InChI=1S/C13H24N4/c1-16(2)9-5-8-14-12-6-4-7-13-11(12)10-15-17(13)3/h10,12,14H,4-9H2,1-3H3. The van der Waals surface area contributed by atoms with Crippen LogP contribution in [0.1, 0.15) is 36.6 Å². The first-order chi connectivity index (χ1) is 8.18. The number of aromatic nitrogens is 2. The fraction of sp³-hybridized carbons (Fsp3) is 0.769. The predicted molar refractivity (Wildman–Crippen MR) is 70.1 cm³/mol. The van der Waals surface area contributed by atoms with E-state index in [1.54, 1.807) is 0 Å². The summed E-state index contributed by atoms with van der Waals surface area (Å²) in [5.74, 6) is 0. The second-order valence-electron chi connectivity index (χ2n) is 5.23. The van der Waals surface area contributed by atoms with Gasteiger partial charge in [0.25, 0.3) is 0 Å². The maximum Gasteiger partial charge on any atom is 0.0540 e. The predicted octanol–water partition coefficient (Wildman–Crippen LogP) is 1.34. The van der Waals surface area contributed by atoms with E-state index in [4.69, 9.17) is 0 Å². The lowest BCUT2D eigenvalue weighted by Gasteiger charge is -2.24. The maximum absolute atomic E-state index is 4.37. The Hall–Kier alpha value is -0.870. The summed E-state index contributed by atoms with van der Waals surface area (Å²) in [5.41, 5.74) is 2.84. The molecule has 0 aromatic carbocycles. The molecule has 1 aromatic heterocycles. The molecule has 1 aliphatic rings. The van der Waals surface area contributed by atoms with Crippen LogP contribution in [-0.2, 0) is 13.5 Å². The smallest absolute Gasteiger partial charge is 0.0540 e. The van der Waals surface area contributed by atoms with Gasteiger partial charge >= 0.3 is 0 Å². The zero-order valence-corrected chi connectivity index (χ0v) is 11.2. The largest absolute Gasteiger partial charge is 0.310 e. The van der Waals surface area contributed by atoms with Crippen LogP contribution in [0.3, 0.4) is 0 Å². The minimum absolute atomic E-state index is 0.523. The highest BCUT2D eigenvalue weighted by atomic mass is 15.3. The van der Waals surface area contributed by atoms with Gasteiger partial charge in [-0.2, -0.15) is 5.10 Å². The van der Waals surface area contributed by atoms with Gasteiger partial charge in [-0.1, -0.05) is 0 Å². The molecule has 1 aromatic rings. The van der Waals surface area contributed by atoms with Gasteiger partial charge in [0.05, 0.1) is 6.20 Å². The normalized spacial score (nSPS) is 19.6. The molecule has 4 heteroatoms. The van der Waals surface area contributed by atoms with Crippen LogP contribution in [0.4, 0.5) is 0 Å². The Bertz CT molecular complexity index is 356. The molecule has 0 amide bonds. The van der Waals surface area contributed by atoms with Crippen molar-refractivity contribution < 1.29 is 0 Å². The van der Waals surface area contributed by atoms with E-state index in [-0.39, 0.29) is 0 Å². The Labute approximate surface area is 104 Å². The minimum Gasteiger partial charge on any atom is -0.310 e. The van der Waals surface area contributed by atoms with Crippen LogP contribution in [0.15, 0.2) is 6.20 Å². The molecule has 1 aliphatic carbocycles. The van der Waals surface area contributed by atoms with Crippen molar-refractivity contribution in [2.75, 3.05) is 27.2 Å². The van der Waals surface area contributed by atoms with E-state index >= 15 is 0 Å². The zero-order chi connectivity index (χ0) is 12.3. The van der Waals surface area contributed by atoms with Crippen LogP contribution in [0.2, 0.25) is 0 Å². The lowest BCUT2D eigenvalue weighted by atomic mass is 9.93. The van der Waals surface area contributed by atoms with Crippen LogP contribution in [0.25, 0.3) is 0 Å². The zero-order valence-electron chi connectivity index (χ0n) is 11.2. The first-order valence-corrected chi connectivity index (χ1v) is 6.57. The quantitative estimate of drug-likeness (QED) is 0.783. The topological polar surface area (TPSA) is 33.1 Å². The minimum atomic E-state index is 0.523. The van der Waals surface area contributed by atoms with Gasteiger partial charge < -0.3 is 10.2 Å². The molecule has 0 saturated carbocycles. The highest BCUT2D eigenvalue weighted by Crippen LogP contribution is 2.28. The van der Waals surface area contributed by atoms with E-state index in [1.807, 2.05) is 17.9 Å². The van der Waals surface area contributed by atoms with Gasteiger partial charge in [-0.25, -0.2) is 0 Å². The molecule has 96 valence electrons. The molecule has 2 rings (SSSR count). The van der Waals surface area contributed by atoms with Crippen LogP contribution >= 0.6 is 0 Å². The summed E-state index contributed by atoms with van der Waals surface area (Å²) >= 11 is 0. The fourth-order valence-corrected chi connectivity index (χ4v) is 2.59. The molecular weight excluding hydrogens is 212 g/mol. The molecule has 0 saturated heterocycles. The van der Waals surface area contributed by atoms with Gasteiger partial charge in [-0.05, 0) is 52.9 Å². The van der Waals surface area contributed by atoms with Gasteiger partial charge in [0.15, 0.2) is 0 Å². The SMILES string of the molecule is CN(C)CCCNC1CCCc2c1cnn2C. The molecule has 1 N–H and O–H groups in total. The Morgan fingerprint density at radius 2 is 2.35 bits per heavy atom. The van der Waals surface area contributed by atoms with Crippen LogP contribution < -0.4 is 5.32 Å². The monoisotopic (exact) mass is 236 g/mol. The molecule has 4 nitrogen and oxygen atoms in total. The van der Waals surface area contributed by atoms with E-state index in [0.29, 0.717) is 6.04 Å². The maximum atomic E-state index is 4.37. The van der Waals surface area contributed by atoms with Crippen molar-refractivity contribution in [2.24, 2.45) is 7.05 Å². The van der Waals surface area contributed by atoms with Crippen LogP contribution in [0.5, 0.6) is 0 Å². The third-order valence-electron chi connectivity index (χ3n) is 3.55. The number of rotatable bonds is 5. The van der Waals surface area contributed by atoms with E-state index in [0.717, 1.165) is 13.1 Å². The van der Waals surface area contributed by atoms with Gasteiger partial charge in [0.1, 0.15) is 0 Å². The van der Waals surface area contributed by atoms with Crippen molar-refractivity contribution in [1.82, 2.24) is 20.0 Å². The second kappa shape index (κ2) is 5.65. The van der Waals surface area contributed by atoms with Crippen molar-refractivity contribution in [3.05, 3.63) is 17.5 Å². The number of hydrogen-bond acceptors (Lipinski definition) is 3. The number of nitrogens with one attached hydrogen (secondary N) is 1. The lowest BCUT2D eigenvalue weighted by Crippen LogP contribution is -2.28. The molecule has 0 spiro atoms. The van der Waals surface area contributed by atoms with Crippen molar-refractivity contribution in [3.63, 3.8) is 0 Å². The van der Waals surface area contributed by atoms with E-state index in [1.165, 1.54) is 36.9 Å². The summed E-state index contributed by atoms with van der Waals surface area (Å²) in [6.45, 7) is 2.25. The lowest BCUT2D eigenvalue weighted by molar-refractivity contribution is 0.378. The number of aryl methyl sites for hydroxylation is 1. The number of fused-ring (bicyclic) bond motifs is 1. The third kappa shape index (κ3) is 3.07.